The lowest BCUT2D eigenvalue weighted by atomic mass is 9.98. The Morgan fingerprint density at radius 2 is 1.65 bits per heavy atom. The minimum absolute atomic E-state index is 0.163. The third-order valence-corrected chi connectivity index (χ3v) is 6.31. The molecule has 3 aromatic carbocycles. The summed E-state index contributed by atoms with van der Waals surface area (Å²) in [5.74, 6) is -2.35. The SMILES string of the molecule is O=C1C(=O)N(CC(=O)N2N=C(c3ccc(F)cc3)CC2c2ccc(Cl)cc2)c2ccc(Cl)cc21. The minimum atomic E-state index is -0.796. The van der Waals surface area contributed by atoms with E-state index in [1.165, 1.54) is 23.2 Å². The standard InChI is InChI=1S/C25H16Cl2FN3O3/c26-16-5-1-15(2-6-16)22-12-20(14-3-8-18(28)9-4-14)29-31(22)23(32)13-30-21-10-7-17(27)11-19(21)24(33)25(30)34/h1-11,22H,12-13H2. The number of halogens is 3. The molecule has 0 spiro atoms. The molecule has 0 bridgehead atoms. The van der Waals surface area contributed by atoms with Gasteiger partial charge in [0.05, 0.1) is 23.0 Å². The van der Waals surface area contributed by atoms with Crippen LogP contribution in [0.1, 0.15) is 33.9 Å². The van der Waals surface area contributed by atoms with Crippen LogP contribution in [0.25, 0.3) is 0 Å². The molecule has 0 saturated heterocycles. The fourth-order valence-electron chi connectivity index (χ4n) is 4.14. The van der Waals surface area contributed by atoms with E-state index in [0.29, 0.717) is 33.4 Å². The average Bonchev–Trinajstić information content (AvgIpc) is 3.36. The molecule has 9 heteroatoms. The van der Waals surface area contributed by atoms with E-state index < -0.39 is 23.6 Å². The Balaban J connectivity index is 1.48. The summed E-state index contributed by atoms with van der Waals surface area (Å²) in [7, 11) is 0. The van der Waals surface area contributed by atoms with Crippen LogP contribution in [0.4, 0.5) is 10.1 Å². The molecule has 2 amide bonds. The number of fused-ring (bicyclic) bond motifs is 1. The number of hydrogen-bond acceptors (Lipinski definition) is 4. The maximum absolute atomic E-state index is 13.4. The number of anilines is 1. The second kappa shape index (κ2) is 8.66. The van der Waals surface area contributed by atoms with E-state index in [0.717, 1.165) is 10.5 Å². The van der Waals surface area contributed by atoms with Crippen molar-refractivity contribution in [2.24, 2.45) is 5.10 Å². The van der Waals surface area contributed by atoms with Crippen LogP contribution in [0.15, 0.2) is 71.8 Å². The lowest BCUT2D eigenvalue weighted by molar-refractivity contribution is -0.132. The largest absolute Gasteiger partial charge is 0.299 e. The summed E-state index contributed by atoms with van der Waals surface area (Å²) in [6, 6.07) is 17.0. The van der Waals surface area contributed by atoms with E-state index in [-0.39, 0.29) is 17.9 Å². The van der Waals surface area contributed by atoms with Gasteiger partial charge in [0.2, 0.25) is 0 Å². The summed E-state index contributed by atoms with van der Waals surface area (Å²) in [5.41, 5.74) is 2.58. The van der Waals surface area contributed by atoms with Gasteiger partial charge in [0.15, 0.2) is 0 Å². The molecule has 0 aliphatic carbocycles. The van der Waals surface area contributed by atoms with Gasteiger partial charge in [0, 0.05) is 16.5 Å². The molecule has 0 N–H and O–H groups in total. The summed E-state index contributed by atoms with van der Waals surface area (Å²) in [6.45, 7) is -0.372. The van der Waals surface area contributed by atoms with Crippen LogP contribution in [0.5, 0.6) is 0 Å². The summed E-state index contributed by atoms with van der Waals surface area (Å²) >= 11 is 12.0. The van der Waals surface area contributed by atoms with Gasteiger partial charge in [-0.05, 0) is 53.6 Å². The van der Waals surface area contributed by atoms with Crippen molar-refractivity contribution in [3.8, 4) is 0 Å². The number of Topliss-reactive ketones (excluding diaryl/α,β-unsaturated/α-hetero) is 1. The molecule has 1 unspecified atom stereocenters. The molecule has 1 atom stereocenters. The summed E-state index contributed by atoms with van der Waals surface area (Å²) < 4.78 is 13.4. The zero-order valence-corrected chi connectivity index (χ0v) is 19.1. The Bertz CT molecular complexity index is 1360. The zero-order chi connectivity index (χ0) is 24.0. The smallest absolute Gasteiger partial charge is 0.295 e. The Kier molecular flexibility index (Phi) is 5.67. The number of benzene rings is 3. The summed E-state index contributed by atoms with van der Waals surface area (Å²) in [5, 5.41) is 6.71. The van der Waals surface area contributed by atoms with Gasteiger partial charge >= 0.3 is 0 Å². The lowest BCUT2D eigenvalue weighted by Crippen LogP contribution is -2.40. The zero-order valence-electron chi connectivity index (χ0n) is 17.5. The van der Waals surface area contributed by atoms with Crippen LogP contribution in [0, 0.1) is 5.82 Å². The Hall–Kier alpha value is -3.55. The molecule has 0 aromatic heterocycles. The predicted octanol–water partition coefficient (Wildman–Crippen LogP) is 5.04. The van der Waals surface area contributed by atoms with Crippen LogP contribution in [-0.2, 0) is 9.59 Å². The Morgan fingerprint density at radius 3 is 2.35 bits per heavy atom. The number of ketones is 1. The van der Waals surface area contributed by atoms with Crippen LogP contribution < -0.4 is 4.90 Å². The monoisotopic (exact) mass is 495 g/mol. The fraction of sp³-hybridized carbons (Fsp3) is 0.120. The van der Waals surface area contributed by atoms with Crippen molar-refractivity contribution in [2.45, 2.75) is 12.5 Å². The molecule has 3 aromatic rings. The topological polar surface area (TPSA) is 70.1 Å². The Labute approximate surface area is 204 Å². The third-order valence-electron chi connectivity index (χ3n) is 5.82. The second-order valence-electron chi connectivity index (χ2n) is 7.95. The second-order valence-corrected chi connectivity index (χ2v) is 8.82. The first-order valence-electron chi connectivity index (χ1n) is 10.4. The number of amides is 2. The van der Waals surface area contributed by atoms with Crippen molar-refractivity contribution in [2.75, 3.05) is 11.4 Å². The number of carbonyl (C=O) groups is 3. The quantitative estimate of drug-likeness (QED) is 0.476. The summed E-state index contributed by atoms with van der Waals surface area (Å²) in [6.07, 6.45) is 0.387. The van der Waals surface area contributed by atoms with Crippen molar-refractivity contribution in [3.05, 3.63) is 99.3 Å². The number of hydrazone groups is 1. The van der Waals surface area contributed by atoms with Crippen LogP contribution >= 0.6 is 23.2 Å². The molecule has 5 rings (SSSR count). The molecular weight excluding hydrogens is 480 g/mol. The first kappa shape index (κ1) is 22.3. The van der Waals surface area contributed by atoms with Gasteiger partial charge in [-0.1, -0.05) is 47.5 Å². The number of rotatable bonds is 4. The van der Waals surface area contributed by atoms with Crippen molar-refractivity contribution >= 4 is 52.2 Å². The maximum atomic E-state index is 13.4. The average molecular weight is 496 g/mol. The highest BCUT2D eigenvalue weighted by Gasteiger charge is 2.40. The fourth-order valence-corrected chi connectivity index (χ4v) is 4.44. The van der Waals surface area contributed by atoms with E-state index in [9.17, 15) is 18.8 Å². The van der Waals surface area contributed by atoms with Crippen LogP contribution in [0.2, 0.25) is 10.0 Å². The minimum Gasteiger partial charge on any atom is -0.295 e. The molecular formula is C25H16Cl2FN3O3. The molecule has 0 fully saturated rings. The van der Waals surface area contributed by atoms with Gasteiger partial charge in [-0.3, -0.25) is 19.3 Å². The third kappa shape index (κ3) is 3.97. The van der Waals surface area contributed by atoms with Crippen molar-refractivity contribution in [1.29, 1.82) is 0 Å². The van der Waals surface area contributed by atoms with Gasteiger partial charge < -0.3 is 0 Å². The van der Waals surface area contributed by atoms with E-state index in [1.54, 1.807) is 48.5 Å². The van der Waals surface area contributed by atoms with E-state index in [4.69, 9.17) is 23.2 Å². The molecule has 0 radical (unpaired) electrons. The van der Waals surface area contributed by atoms with Crippen LogP contribution in [0.3, 0.4) is 0 Å². The van der Waals surface area contributed by atoms with Gasteiger partial charge in [0.1, 0.15) is 12.4 Å². The van der Waals surface area contributed by atoms with Crippen molar-refractivity contribution in [3.63, 3.8) is 0 Å². The van der Waals surface area contributed by atoms with Crippen LogP contribution in [-0.4, -0.2) is 34.9 Å². The first-order valence-corrected chi connectivity index (χ1v) is 11.1. The lowest BCUT2D eigenvalue weighted by Gasteiger charge is -2.24. The van der Waals surface area contributed by atoms with E-state index >= 15 is 0 Å². The molecule has 170 valence electrons. The molecule has 2 aliphatic heterocycles. The molecule has 2 aliphatic rings. The van der Waals surface area contributed by atoms with Crippen molar-refractivity contribution < 1.29 is 18.8 Å². The number of hydrogen-bond donors (Lipinski definition) is 0. The van der Waals surface area contributed by atoms with E-state index in [2.05, 4.69) is 5.10 Å². The highest BCUT2D eigenvalue weighted by molar-refractivity contribution is 6.53. The molecule has 6 nitrogen and oxygen atoms in total. The Morgan fingerprint density at radius 1 is 0.971 bits per heavy atom. The van der Waals surface area contributed by atoms with Gasteiger partial charge in [-0.15, -0.1) is 0 Å². The van der Waals surface area contributed by atoms with Gasteiger partial charge in [-0.2, -0.15) is 5.10 Å². The molecule has 34 heavy (non-hydrogen) atoms. The highest BCUT2D eigenvalue weighted by atomic mass is 35.5. The van der Waals surface area contributed by atoms with Gasteiger partial charge in [-0.25, -0.2) is 9.40 Å². The number of carbonyl (C=O) groups excluding carboxylic acids is 3. The predicted molar refractivity (Wildman–Crippen MR) is 127 cm³/mol. The number of nitrogens with zero attached hydrogens (tertiary/aromatic N) is 3. The van der Waals surface area contributed by atoms with Crippen molar-refractivity contribution in [1.82, 2.24) is 5.01 Å². The molecule has 0 saturated carbocycles. The summed E-state index contributed by atoms with van der Waals surface area (Å²) in [4.78, 5) is 39.6. The maximum Gasteiger partial charge on any atom is 0.299 e. The first-order chi connectivity index (χ1) is 16.3. The normalized spacial score (nSPS) is 17.3. The molecule has 2 heterocycles. The van der Waals surface area contributed by atoms with E-state index in [1.807, 2.05) is 0 Å². The van der Waals surface area contributed by atoms with Gasteiger partial charge in [0.25, 0.3) is 17.6 Å². The highest BCUT2D eigenvalue weighted by Crippen LogP contribution is 2.35.